The molecule has 2 fully saturated rings. The lowest BCUT2D eigenvalue weighted by molar-refractivity contribution is 0.0301. The summed E-state index contributed by atoms with van der Waals surface area (Å²) in [5, 5.41) is 0. The second-order valence-corrected chi connectivity index (χ2v) is 5.24. The van der Waals surface area contributed by atoms with E-state index in [1.807, 2.05) is 4.90 Å². The van der Waals surface area contributed by atoms with Gasteiger partial charge in [0.15, 0.2) is 0 Å². The molecule has 4 nitrogen and oxygen atoms in total. The SMILES string of the molecule is CCOC(=O)c1ccc(F)cc1N1CC2CCC(C1)O2. The summed E-state index contributed by atoms with van der Waals surface area (Å²) in [5.41, 5.74) is 1.04. The average Bonchev–Trinajstić information content (AvgIpc) is 2.77. The van der Waals surface area contributed by atoms with Gasteiger partial charge in [-0.25, -0.2) is 9.18 Å². The number of fused-ring (bicyclic) bond motifs is 2. The summed E-state index contributed by atoms with van der Waals surface area (Å²) in [6, 6.07) is 4.21. The number of anilines is 1. The zero-order valence-corrected chi connectivity index (χ0v) is 11.5. The zero-order chi connectivity index (χ0) is 14.1. The minimum Gasteiger partial charge on any atom is -0.462 e. The number of ether oxygens (including phenoxy) is 2. The fourth-order valence-electron chi connectivity index (χ4n) is 2.96. The molecule has 2 heterocycles. The summed E-state index contributed by atoms with van der Waals surface area (Å²) in [6.45, 7) is 3.47. The second-order valence-electron chi connectivity index (χ2n) is 5.24. The van der Waals surface area contributed by atoms with Crippen LogP contribution in [0.1, 0.15) is 30.1 Å². The topological polar surface area (TPSA) is 38.8 Å². The van der Waals surface area contributed by atoms with Crippen LogP contribution in [0.2, 0.25) is 0 Å². The average molecular weight is 279 g/mol. The van der Waals surface area contributed by atoms with Gasteiger partial charge in [-0.1, -0.05) is 0 Å². The van der Waals surface area contributed by atoms with Crippen molar-refractivity contribution in [1.29, 1.82) is 0 Å². The molecule has 2 saturated heterocycles. The lowest BCUT2D eigenvalue weighted by Gasteiger charge is -2.34. The molecule has 2 aliphatic rings. The van der Waals surface area contributed by atoms with Crippen LogP contribution in [0.5, 0.6) is 0 Å². The van der Waals surface area contributed by atoms with Crippen LogP contribution in [-0.4, -0.2) is 37.9 Å². The molecule has 20 heavy (non-hydrogen) atoms. The summed E-state index contributed by atoms with van der Waals surface area (Å²) in [6.07, 6.45) is 2.44. The third kappa shape index (κ3) is 2.50. The van der Waals surface area contributed by atoms with E-state index < -0.39 is 5.97 Å². The van der Waals surface area contributed by atoms with Gasteiger partial charge in [0, 0.05) is 13.1 Å². The molecule has 0 aliphatic carbocycles. The minimum absolute atomic E-state index is 0.187. The summed E-state index contributed by atoms with van der Waals surface area (Å²) in [7, 11) is 0. The number of carbonyl (C=O) groups is 1. The van der Waals surface area contributed by atoms with Crippen LogP contribution in [-0.2, 0) is 9.47 Å². The molecule has 108 valence electrons. The first-order chi connectivity index (χ1) is 9.67. The molecule has 2 atom stereocenters. The van der Waals surface area contributed by atoms with E-state index in [-0.39, 0.29) is 18.0 Å². The Morgan fingerprint density at radius 1 is 1.40 bits per heavy atom. The van der Waals surface area contributed by atoms with Gasteiger partial charge in [0.2, 0.25) is 0 Å². The van der Waals surface area contributed by atoms with Gasteiger partial charge < -0.3 is 14.4 Å². The van der Waals surface area contributed by atoms with Gasteiger partial charge >= 0.3 is 5.97 Å². The van der Waals surface area contributed by atoms with E-state index in [1.54, 1.807) is 6.92 Å². The van der Waals surface area contributed by atoms with Gasteiger partial charge in [-0.3, -0.25) is 0 Å². The van der Waals surface area contributed by atoms with E-state index in [0.717, 1.165) is 12.8 Å². The highest BCUT2D eigenvalue weighted by molar-refractivity contribution is 5.96. The van der Waals surface area contributed by atoms with Crippen LogP contribution in [0.3, 0.4) is 0 Å². The van der Waals surface area contributed by atoms with Crippen LogP contribution in [0.25, 0.3) is 0 Å². The third-order valence-electron chi connectivity index (χ3n) is 3.84. The molecule has 3 rings (SSSR count). The maximum absolute atomic E-state index is 13.6. The van der Waals surface area contributed by atoms with Crippen molar-refractivity contribution in [2.45, 2.75) is 32.0 Å². The first kappa shape index (κ1) is 13.4. The summed E-state index contributed by atoms with van der Waals surface area (Å²) < 4.78 is 24.4. The molecule has 1 aromatic rings. The number of rotatable bonds is 3. The van der Waals surface area contributed by atoms with Crippen molar-refractivity contribution in [3.63, 3.8) is 0 Å². The maximum atomic E-state index is 13.6. The summed E-state index contributed by atoms with van der Waals surface area (Å²) >= 11 is 0. The molecule has 2 unspecified atom stereocenters. The molecule has 2 aliphatic heterocycles. The van der Waals surface area contributed by atoms with Gasteiger partial charge in [0.25, 0.3) is 0 Å². The number of morpholine rings is 1. The molecule has 0 N–H and O–H groups in total. The van der Waals surface area contributed by atoms with E-state index in [4.69, 9.17) is 9.47 Å². The molecule has 0 aromatic heterocycles. The molecule has 1 aromatic carbocycles. The third-order valence-corrected chi connectivity index (χ3v) is 3.84. The van der Waals surface area contributed by atoms with Crippen LogP contribution >= 0.6 is 0 Å². The normalized spacial score (nSPS) is 24.8. The van der Waals surface area contributed by atoms with Crippen molar-refractivity contribution < 1.29 is 18.7 Å². The monoisotopic (exact) mass is 279 g/mol. The Kier molecular flexibility index (Phi) is 3.61. The predicted molar refractivity (Wildman–Crippen MR) is 72.5 cm³/mol. The van der Waals surface area contributed by atoms with E-state index in [9.17, 15) is 9.18 Å². The van der Waals surface area contributed by atoms with Crippen molar-refractivity contribution in [2.75, 3.05) is 24.6 Å². The lowest BCUT2D eigenvalue weighted by atomic mass is 10.1. The van der Waals surface area contributed by atoms with Crippen LogP contribution in [0.4, 0.5) is 10.1 Å². The van der Waals surface area contributed by atoms with Gasteiger partial charge in [0.05, 0.1) is 30.1 Å². The molecule has 0 saturated carbocycles. The first-order valence-corrected chi connectivity index (χ1v) is 7.04. The fraction of sp³-hybridized carbons (Fsp3) is 0.533. The number of hydrogen-bond acceptors (Lipinski definition) is 4. The summed E-state index contributed by atoms with van der Waals surface area (Å²) in [4.78, 5) is 14.0. The van der Waals surface area contributed by atoms with E-state index >= 15 is 0 Å². The van der Waals surface area contributed by atoms with Crippen molar-refractivity contribution in [3.05, 3.63) is 29.6 Å². The lowest BCUT2D eigenvalue weighted by Crippen LogP contribution is -2.43. The fourth-order valence-corrected chi connectivity index (χ4v) is 2.96. The molecule has 0 amide bonds. The van der Waals surface area contributed by atoms with Crippen molar-refractivity contribution >= 4 is 11.7 Å². The quantitative estimate of drug-likeness (QED) is 0.796. The van der Waals surface area contributed by atoms with Crippen molar-refractivity contribution in [3.8, 4) is 0 Å². The number of halogens is 1. The van der Waals surface area contributed by atoms with Gasteiger partial charge in [-0.05, 0) is 38.0 Å². The zero-order valence-electron chi connectivity index (χ0n) is 11.5. The van der Waals surface area contributed by atoms with Crippen molar-refractivity contribution in [1.82, 2.24) is 0 Å². The Hall–Kier alpha value is -1.62. The Morgan fingerprint density at radius 3 is 2.75 bits per heavy atom. The number of carbonyl (C=O) groups excluding carboxylic acids is 1. The number of nitrogens with zero attached hydrogens (tertiary/aromatic N) is 1. The number of benzene rings is 1. The number of hydrogen-bond donors (Lipinski definition) is 0. The van der Waals surface area contributed by atoms with E-state index in [0.29, 0.717) is 30.9 Å². The van der Waals surface area contributed by atoms with Crippen LogP contribution < -0.4 is 4.90 Å². The highest BCUT2D eigenvalue weighted by Gasteiger charge is 2.35. The molecular weight excluding hydrogens is 261 g/mol. The van der Waals surface area contributed by atoms with Gasteiger partial charge in [0.1, 0.15) is 5.82 Å². The minimum atomic E-state index is -0.402. The Balaban J connectivity index is 1.91. The standard InChI is InChI=1S/C15H18FNO3/c1-2-19-15(18)13-6-3-10(16)7-14(13)17-8-11-4-5-12(9-17)20-11/h3,6-7,11-12H,2,4-5,8-9H2,1H3. The highest BCUT2D eigenvalue weighted by atomic mass is 19.1. The van der Waals surface area contributed by atoms with E-state index in [2.05, 4.69) is 0 Å². The largest absolute Gasteiger partial charge is 0.462 e. The summed E-state index contributed by atoms with van der Waals surface area (Å²) in [5.74, 6) is -0.742. The Bertz CT molecular complexity index is 508. The first-order valence-electron chi connectivity index (χ1n) is 7.04. The highest BCUT2D eigenvalue weighted by Crippen LogP contribution is 2.32. The molecule has 5 heteroatoms. The molecule has 0 radical (unpaired) electrons. The van der Waals surface area contributed by atoms with Crippen molar-refractivity contribution in [2.24, 2.45) is 0 Å². The molecule has 0 spiro atoms. The maximum Gasteiger partial charge on any atom is 0.340 e. The number of esters is 1. The van der Waals surface area contributed by atoms with Crippen LogP contribution in [0, 0.1) is 5.82 Å². The van der Waals surface area contributed by atoms with Gasteiger partial charge in [-0.15, -0.1) is 0 Å². The van der Waals surface area contributed by atoms with Gasteiger partial charge in [-0.2, -0.15) is 0 Å². The smallest absolute Gasteiger partial charge is 0.340 e. The molecular formula is C15H18FNO3. The predicted octanol–water partition coefficient (Wildman–Crippen LogP) is 2.37. The second kappa shape index (κ2) is 5.40. The molecule has 2 bridgehead atoms. The Morgan fingerprint density at radius 2 is 2.10 bits per heavy atom. The Labute approximate surface area is 117 Å². The van der Waals surface area contributed by atoms with E-state index in [1.165, 1.54) is 18.2 Å². The van der Waals surface area contributed by atoms with Crippen LogP contribution in [0.15, 0.2) is 18.2 Å².